The third kappa shape index (κ3) is 26.0. The van der Waals surface area contributed by atoms with Crippen LogP contribution in [0.2, 0.25) is 0 Å². The molecule has 0 saturated heterocycles. The lowest BCUT2D eigenvalue weighted by Gasteiger charge is -2.29. The average Bonchev–Trinajstić information content (AvgIpc) is 2.78. The number of unbranched alkanes of at least 4 members (excludes halogenated alkanes) is 16. The number of hydrogen-bond donors (Lipinski definition) is 0. The van der Waals surface area contributed by atoms with E-state index in [9.17, 15) is 14.7 Å². The minimum Gasteiger partial charge on any atom is -0.550 e. The summed E-state index contributed by atoms with van der Waals surface area (Å²) in [6.45, 7) is 4.95. The first kappa shape index (κ1) is 34.9. The summed E-state index contributed by atoms with van der Waals surface area (Å²) in [5, 5.41) is 11.0. The standard InChI is InChI=1S/C31H61NO4/c1-6-7-8-9-10-11-12-13-14-15-16-17-18-19-20-21-22-23-28(2)24-25-31(35)36-29(26-30(33)34)27-32(3,4)5/h28-29H,6-27H2,1-5H3. The molecule has 0 fully saturated rings. The van der Waals surface area contributed by atoms with E-state index in [1.54, 1.807) is 0 Å². The molecule has 0 N–H and O–H groups in total. The van der Waals surface area contributed by atoms with E-state index in [1.807, 2.05) is 21.1 Å². The third-order valence-corrected chi connectivity index (χ3v) is 7.09. The van der Waals surface area contributed by atoms with Crippen LogP contribution in [0.15, 0.2) is 0 Å². The second-order valence-corrected chi connectivity index (χ2v) is 12.3. The van der Waals surface area contributed by atoms with Crippen molar-refractivity contribution in [1.29, 1.82) is 0 Å². The van der Waals surface area contributed by atoms with Crippen LogP contribution < -0.4 is 5.11 Å². The number of quaternary nitrogens is 1. The van der Waals surface area contributed by atoms with Gasteiger partial charge in [-0.1, -0.05) is 129 Å². The number of hydrogen-bond acceptors (Lipinski definition) is 4. The number of carbonyl (C=O) groups is 2. The normalized spacial score (nSPS) is 13.5. The van der Waals surface area contributed by atoms with Crippen molar-refractivity contribution in [2.45, 2.75) is 155 Å². The Labute approximate surface area is 224 Å². The molecular formula is C31H61NO4. The molecule has 0 aromatic rings. The molecule has 0 aliphatic carbocycles. The van der Waals surface area contributed by atoms with Crippen molar-refractivity contribution in [2.24, 2.45) is 5.92 Å². The summed E-state index contributed by atoms with van der Waals surface area (Å²) >= 11 is 0. The molecular weight excluding hydrogens is 450 g/mol. The van der Waals surface area contributed by atoms with Crippen molar-refractivity contribution in [3.63, 3.8) is 0 Å². The summed E-state index contributed by atoms with van der Waals surface area (Å²) in [5.41, 5.74) is 0. The van der Waals surface area contributed by atoms with Crippen LogP contribution >= 0.6 is 0 Å². The smallest absolute Gasteiger partial charge is 0.306 e. The van der Waals surface area contributed by atoms with Gasteiger partial charge in [0.05, 0.1) is 21.1 Å². The number of rotatable bonds is 26. The Morgan fingerprint density at radius 3 is 1.50 bits per heavy atom. The quantitative estimate of drug-likeness (QED) is 0.0699. The summed E-state index contributed by atoms with van der Waals surface area (Å²) < 4.78 is 5.99. The Balaban J connectivity index is 3.57. The van der Waals surface area contributed by atoms with Crippen molar-refractivity contribution in [3.05, 3.63) is 0 Å². The van der Waals surface area contributed by atoms with E-state index < -0.39 is 12.1 Å². The fourth-order valence-corrected chi connectivity index (χ4v) is 4.91. The number of carbonyl (C=O) groups excluding carboxylic acids is 2. The van der Waals surface area contributed by atoms with Crippen LogP contribution in [0.1, 0.15) is 149 Å². The number of likely N-dealkylation sites (N-methyl/N-ethyl adjacent to an activating group) is 1. The predicted molar refractivity (Wildman–Crippen MR) is 150 cm³/mol. The molecule has 0 bridgehead atoms. The van der Waals surface area contributed by atoms with Crippen molar-refractivity contribution >= 4 is 11.9 Å². The predicted octanol–water partition coefficient (Wildman–Crippen LogP) is 7.20. The van der Waals surface area contributed by atoms with Gasteiger partial charge in [-0.15, -0.1) is 0 Å². The van der Waals surface area contributed by atoms with Gasteiger partial charge in [0.25, 0.3) is 0 Å². The largest absolute Gasteiger partial charge is 0.550 e. The molecule has 0 amide bonds. The molecule has 5 heteroatoms. The van der Waals surface area contributed by atoms with Gasteiger partial charge >= 0.3 is 5.97 Å². The Kier molecular flexibility index (Phi) is 22.3. The second kappa shape index (κ2) is 23.0. The first-order valence-corrected chi connectivity index (χ1v) is 15.3. The molecule has 0 heterocycles. The van der Waals surface area contributed by atoms with Crippen LogP contribution in [-0.4, -0.2) is 50.2 Å². The van der Waals surface area contributed by atoms with Gasteiger partial charge in [0, 0.05) is 18.8 Å². The van der Waals surface area contributed by atoms with Gasteiger partial charge in [-0.2, -0.15) is 0 Å². The van der Waals surface area contributed by atoms with E-state index in [1.165, 1.54) is 109 Å². The highest BCUT2D eigenvalue weighted by atomic mass is 16.5. The molecule has 0 aliphatic heterocycles. The highest BCUT2D eigenvalue weighted by Gasteiger charge is 2.22. The Morgan fingerprint density at radius 1 is 0.694 bits per heavy atom. The Morgan fingerprint density at radius 2 is 1.11 bits per heavy atom. The molecule has 36 heavy (non-hydrogen) atoms. The molecule has 0 aromatic heterocycles. The summed E-state index contributed by atoms with van der Waals surface area (Å²) in [7, 11) is 5.87. The van der Waals surface area contributed by atoms with Gasteiger partial charge in [0.2, 0.25) is 0 Å². The van der Waals surface area contributed by atoms with Crippen LogP contribution in [0.5, 0.6) is 0 Å². The molecule has 0 spiro atoms. The van der Waals surface area contributed by atoms with Crippen molar-refractivity contribution < 1.29 is 23.9 Å². The van der Waals surface area contributed by atoms with Gasteiger partial charge in [-0.05, 0) is 12.3 Å². The molecule has 2 unspecified atom stereocenters. The number of carboxylic acids is 1. The van der Waals surface area contributed by atoms with Gasteiger partial charge in [0.1, 0.15) is 6.54 Å². The number of ether oxygens (including phenoxy) is 1. The maximum atomic E-state index is 12.2. The molecule has 0 aromatic carbocycles. The minimum absolute atomic E-state index is 0.240. The van der Waals surface area contributed by atoms with Gasteiger partial charge in [-0.25, -0.2) is 0 Å². The molecule has 0 rings (SSSR count). The van der Waals surface area contributed by atoms with E-state index in [0.717, 1.165) is 12.8 Å². The van der Waals surface area contributed by atoms with Crippen molar-refractivity contribution in [3.8, 4) is 0 Å². The summed E-state index contributed by atoms with van der Waals surface area (Å²) in [6, 6.07) is 0. The summed E-state index contributed by atoms with van der Waals surface area (Å²) in [6.07, 6.45) is 25.0. The molecule has 5 nitrogen and oxygen atoms in total. The van der Waals surface area contributed by atoms with E-state index in [2.05, 4.69) is 13.8 Å². The molecule has 0 radical (unpaired) electrons. The molecule has 2 atom stereocenters. The highest BCUT2D eigenvalue weighted by molar-refractivity contribution is 5.70. The SMILES string of the molecule is CCCCCCCCCCCCCCCCCCCC(C)CCC(=O)OC(CC(=O)[O-])C[N+](C)(C)C. The Bertz CT molecular complexity index is 529. The first-order chi connectivity index (χ1) is 17.1. The lowest BCUT2D eigenvalue weighted by atomic mass is 9.97. The monoisotopic (exact) mass is 511 g/mol. The summed E-state index contributed by atoms with van der Waals surface area (Å²) in [5.74, 6) is -0.968. The van der Waals surface area contributed by atoms with Crippen LogP contribution in [0.25, 0.3) is 0 Å². The number of carboxylic acid groups (broad SMARTS) is 1. The van der Waals surface area contributed by atoms with E-state index in [0.29, 0.717) is 23.4 Å². The zero-order valence-electron chi connectivity index (χ0n) is 24.8. The minimum atomic E-state index is -1.17. The van der Waals surface area contributed by atoms with Crippen LogP contribution in [0.3, 0.4) is 0 Å². The lowest BCUT2D eigenvalue weighted by Crippen LogP contribution is -2.45. The van der Waals surface area contributed by atoms with Gasteiger partial charge < -0.3 is 19.1 Å². The maximum Gasteiger partial charge on any atom is 0.306 e. The lowest BCUT2D eigenvalue weighted by molar-refractivity contribution is -0.873. The van der Waals surface area contributed by atoms with Gasteiger partial charge in [-0.3, -0.25) is 4.79 Å². The summed E-state index contributed by atoms with van der Waals surface area (Å²) in [4.78, 5) is 23.2. The van der Waals surface area contributed by atoms with E-state index >= 15 is 0 Å². The zero-order chi connectivity index (χ0) is 27.1. The topological polar surface area (TPSA) is 66.4 Å². The van der Waals surface area contributed by atoms with E-state index in [-0.39, 0.29) is 12.4 Å². The fourth-order valence-electron chi connectivity index (χ4n) is 4.91. The molecule has 214 valence electrons. The number of aliphatic carboxylic acids is 1. The van der Waals surface area contributed by atoms with Crippen molar-refractivity contribution in [2.75, 3.05) is 27.7 Å². The first-order valence-electron chi connectivity index (χ1n) is 15.3. The number of esters is 1. The van der Waals surface area contributed by atoms with Gasteiger partial charge in [0.15, 0.2) is 6.10 Å². The number of nitrogens with zero attached hydrogens (tertiary/aromatic N) is 1. The Hall–Kier alpha value is -1.10. The maximum absolute atomic E-state index is 12.2. The van der Waals surface area contributed by atoms with Crippen LogP contribution in [-0.2, 0) is 14.3 Å². The average molecular weight is 512 g/mol. The molecule has 0 saturated carbocycles. The van der Waals surface area contributed by atoms with Crippen LogP contribution in [0.4, 0.5) is 0 Å². The van der Waals surface area contributed by atoms with Crippen LogP contribution in [0, 0.1) is 5.92 Å². The zero-order valence-corrected chi connectivity index (χ0v) is 24.8. The molecule has 0 aliphatic rings. The third-order valence-electron chi connectivity index (χ3n) is 7.09. The highest BCUT2D eigenvalue weighted by Crippen LogP contribution is 2.18. The second-order valence-electron chi connectivity index (χ2n) is 12.3. The van der Waals surface area contributed by atoms with E-state index in [4.69, 9.17) is 4.74 Å². The fraction of sp³-hybridized carbons (Fsp3) is 0.935. The van der Waals surface area contributed by atoms with Crippen molar-refractivity contribution in [1.82, 2.24) is 0 Å².